The van der Waals surface area contributed by atoms with Gasteiger partial charge in [-0.2, -0.15) is 0 Å². The van der Waals surface area contributed by atoms with Gasteiger partial charge in [0.2, 0.25) is 0 Å². The first-order valence-electron chi connectivity index (χ1n) is 8.70. The van der Waals surface area contributed by atoms with E-state index in [2.05, 4.69) is 4.72 Å². The molecule has 0 aliphatic rings. The molecule has 0 saturated heterocycles. The van der Waals surface area contributed by atoms with Gasteiger partial charge in [-0.05, 0) is 35.9 Å². The smallest absolute Gasteiger partial charge is 0.339 e. The summed E-state index contributed by atoms with van der Waals surface area (Å²) in [5, 5.41) is 18.7. The van der Waals surface area contributed by atoms with E-state index in [1.54, 1.807) is 38.4 Å². The van der Waals surface area contributed by atoms with Crippen molar-refractivity contribution in [1.29, 1.82) is 0 Å². The van der Waals surface area contributed by atoms with Crippen molar-refractivity contribution in [3.8, 4) is 16.9 Å². The highest BCUT2D eigenvalue weighted by Gasteiger charge is 2.22. The Hall–Kier alpha value is -3.08. The molecule has 0 atom stereocenters. The largest absolute Gasteiger partial charge is 0.507 e. The van der Waals surface area contributed by atoms with Gasteiger partial charge in [0.05, 0.1) is 5.69 Å². The van der Waals surface area contributed by atoms with Crippen LogP contribution in [0.2, 0.25) is 4.34 Å². The molecule has 8 nitrogen and oxygen atoms in total. The second kappa shape index (κ2) is 8.58. The van der Waals surface area contributed by atoms with Gasteiger partial charge in [0, 0.05) is 31.3 Å². The number of aromatic carboxylic acids is 1. The molecule has 0 bridgehead atoms. The Kier molecular flexibility index (Phi) is 6.25. The minimum absolute atomic E-state index is 0.00727. The van der Waals surface area contributed by atoms with Crippen LogP contribution in [0, 0.1) is 0 Å². The number of phenols is 1. The van der Waals surface area contributed by atoms with Crippen molar-refractivity contribution in [2.24, 2.45) is 0 Å². The maximum absolute atomic E-state index is 12.8. The molecule has 3 rings (SSSR count). The Balaban J connectivity index is 1.93. The zero-order valence-electron chi connectivity index (χ0n) is 16.3. The molecule has 0 fully saturated rings. The average Bonchev–Trinajstić information content (AvgIpc) is 3.09. The van der Waals surface area contributed by atoms with Gasteiger partial charge in [-0.15, -0.1) is 11.3 Å². The summed E-state index contributed by atoms with van der Waals surface area (Å²) < 4.78 is 28.0. The van der Waals surface area contributed by atoms with Gasteiger partial charge in [0.25, 0.3) is 15.9 Å². The molecule has 0 saturated carbocycles. The summed E-state index contributed by atoms with van der Waals surface area (Å²) in [6.07, 6.45) is 0. The number of rotatable bonds is 6. The number of hydrogen-bond acceptors (Lipinski definition) is 6. The van der Waals surface area contributed by atoms with E-state index in [0.717, 1.165) is 23.5 Å². The molecule has 0 aliphatic heterocycles. The SMILES string of the molecule is CN(C)C(=O)c1cccc(-c2cc(S(=O)(=O)Nc3ccc(C(=O)O)c(O)c3)sc2Cl)c1. The molecule has 2 aromatic carbocycles. The highest BCUT2D eigenvalue weighted by molar-refractivity contribution is 7.94. The van der Waals surface area contributed by atoms with Crippen LogP contribution in [0.1, 0.15) is 20.7 Å². The fourth-order valence-corrected chi connectivity index (χ4v) is 5.55. The van der Waals surface area contributed by atoms with Crippen LogP contribution >= 0.6 is 22.9 Å². The van der Waals surface area contributed by atoms with Gasteiger partial charge in [0.15, 0.2) is 0 Å². The summed E-state index contributed by atoms with van der Waals surface area (Å²) in [5.41, 5.74) is 1.10. The summed E-state index contributed by atoms with van der Waals surface area (Å²) in [5.74, 6) is -2.11. The van der Waals surface area contributed by atoms with Gasteiger partial charge in [-0.1, -0.05) is 23.7 Å². The third kappa shape index (κ3) is 4.82. The first-order chi connectivity index (χ1) is 14.5. The van der Waals surface area contributed by atoms with Crippen molar-refractivity contribution in [3.05, 3.63) is 64.0 Å². The fourth-order valence-electron chi connectivity index (χ4n) is 2.74. The van der Waals surface area contributed by atoms with Gasteiger partial charge in [-0.3, -0.25) is 9.52 Å². The van der Waals surface area contributed by atoms with E-state index < -0.39 is 21.7 Å². The van der Waals surface area contributed by atoms with Crippen LogP contribution in [0.4, 0.5) is 5.69 Å². The number of halogens is 1. The number of anilines is 1. The predicted octanol–water partition coefficient (Wildman–Crippen LogP) is 3.97. The Labute approximate surface area is 187 Å². The monoisotopic (exact) mass is 480 g/mol. The average molecular weight is 481 g/mol. The number of hydrogen-bond donors (Lipinski definition) is 3. The van der Waals surface area contributed by atoms with Crippen LogP contribution in [0.15, 0.2) is 52.7 Å². The highest BCUT2D eigenvalue weighted by atomic mass is 35.5. The second-order valence-electron chi connectivity index (χ2n) is 6.68. The molecule has 1 heterocycles. The van der Waals surface area contributed by atoms with Crippen LogP contribution in [0.3, 0.4) is 0 Å². The lowest BCUT2D eigenvalue weighted by atomic mass is 10.1. The summed E-state index contributed by atoms with van der Waals surface area (Å²) in [6.45, 7) is 0. The topological polar surface area (TPSA) is 124 Å². The molecule has 11 heteroatoms. The van der Waals surface area contributed by atoms with E-state index in [1.165, 1.54) is 17.0 Å². The maximum atomic E-state index is 12.8. The van der Waals surface area contributed by atoms with E-state index in [4.69, 9.17) is 16.7 Å². The highest BCUT2D eigenvalue weighted by Crippen LogP contribution is 2.39. The zero-order valence-corrected chi connectivity index (χ0v) is 18.7. The molecule has 162 valence electrons. The Morgan fingerprint density at radius 3 is 2.42 bits per heavy atom. The zero-order chi connectivity index (χ0) is 22.9. The number of carbonyl (C=O) groups excluding carboxylic acids is 1. The number of aromatic hydroxyl groups is 1. The lowest BCUT2D eigenvalue weighted by Gasteiger charge is -2.11. The second-order valence-corrected chi connectivity index (χ2v) is 10.2. The third-order valence-corrected chi connectivity index (χ3v) is 7.45. The molecule has 3 N–H and O–H groups in total. The van der Waals surface area contributed by atoms with Crippen molar-refractivity contribution in [1.82, 2.24) is 4.90 Å². The first-order valence-corrected chi connectivity index (χ1v) is 11.4. The van der Waals surface area contributed by atoms with E-state index in [9.17, 15) is 23.1 Å². The molecule has 31 heavy (non-hydrogen) atoms. The number of benzene rings is 2. The van der Waals surface area contributed by atoms with E-state index in [1.807, 2.05) is 0 Å². The van der Waals surface area contributed by atoms with Crippen LogP contribution in [0.25, 0.3) is 11.1 Å². The molecular formula is C20H17ClN2O6S2. The number of amides is 1. The summed E-state index contributed by atoms with van der Waals surface area (Å²) in [4.78, 5) is 24.6. The molecule has 1 amide bonds. The van der Waals surface area contributed by atoms with Crippen LogP contribution in [0.5, 0.6) is 5.75 Å². The minimum Gasteiger partial charge on any atom is -0.507 e. The van der Waals surface area contributed by atoms with E-state index in [0.29, 0.717) is 16.7 Å². The Morgan fingerprint density at radius 1 is 1.10 bits per heavy atom. The van der Waals surface area contributed by atoms with Gasteiger partial charge >= 0.3 is 5.97 Å². The molecule has 0 spiro atoms. The van der Waals surface area contributed by atoms with Crippen LogP contribution in [-0.4, -0.2) is 49.5 Å². The van der Waals surface area contributed by atoms with Crippen molar-refractivity contribution in [2.75, 3.05) is 18.8 Å². The Bertz CT molecular complexity index is 1280. The molecule has 0 radical (unpaired) electrons. The number of carboxylic acids is 1. The van der Waals surface area contributed by atoms with Crippen LogP contribution < -0.4 is 4.72 Å². The number of nitrogens with one attached hydrogen (secondary N) is 1. The summed E-state index contributed by atoms with van der Waals surface area (Å²) in [7, 11) is -0.805. The number of carboxylic acid groups (broad SMARTS) is 1. The molecule has 3 aromatic rings. The van der Waals surface area contributed by atoms with Gasteiger partial charge in [0.1, 0.15) is 19.9 Å². The normalized spacial score (nSPS) is 11.2. The van der Waals surface area contributed by atoms with Crippen molar-refractivity contribution in [2.45, 2.75) is 4.21 Å². The van der Waals surface area contributed by atoms with Crippen LogP contribution in [-0.2, 0) is 10.0 Å². The number of carbonyl (C=O) groups is 2. The number of sulfonamides is 1. The van der Waals surface area contributed by atoms with Gasteiger partial charge < -0.3 is 15.1 Å². The maximum Gasteiger partial charge on any atom is 0.339 e. The quantitative estimate of drug-likeness (QED) is 0.490. The van der Waals surface area contributed by atoms with Crippen molar-refractivity contribution < 1.29 is 28.2 Å². The first kappa shape index (κ1) is 22.6. The predicted molar refractivity (Wildman–Crippen MR) is 119 cm³/mol. The van der Waals surface area contributed by atoms with Crippen molar-refractivity contribution >= 4 is 50.5 Å². The number of thiophene rings is 1. The molecule has 0 unspecified atom stereocenters. The van der Waals surface area contributed by atoms with Gasteiger partial charge in [-0.25, -0.2) is 13.2 Å². The standard InChI is InChI=1S/C20H17ClN2O6S2/c1-23(2)19(25)12-5-3-4-11(8-12)15-10-17(30-18(15)21)31(28,29)22-13-6-7-14(20(26)27)16(24)9-13/h3-10,22,24H,1-2H3,(H,26,27). The molecule has 0 aliphatic carbocycles. The number of nitrogens with zero attached hydrogens (tertiary/aromatic N) is 1. The summed E-state index contributed by atoms with van der Waals surface area (Å²) in [6, 6.07) is 11.4. The Morgan fingerprint density at radius 2 is 1.81 bits per heavy atom. The minimum atomic E-state index is -4.06. The lowest BCUT2D eigenvalue weighted by Crippen LogP contribution is -2.21. The summed E-state index contributed by atoms with van der Waals surface area (Å²) >= 11 is 7.12. The third-order valence-electron chi connectivity index (χ3n) is 4.24. The fraction of sp³-hybridized carbons (Fsp3) is 0.100. The molecular weight excluding hydrogens is 464 g/mol. The lowest BCUT2D eigenvalue weighted by molar-refractivity contribution is 0.0693. The van der Waals surface area contributed by atoms with E-state index in [-0.39, 0.29) is 25.7 Å². The van der Waals surface area contributed by atoms with Crippen molar-refractivity contribution in [3.63, 3.8) is 0 Å². The van der Waals surface area contributed by atoms with E-state index >= 15 is 0 Å². The molecule has 1 aromatic heterocycles.